The lowest BCUT2D eigenvalue weighted by Gasteiger charge is -2.07. The van der Waals surface area contributed by atoms with Crippen LogP contribution in [-0.4, -0.2) is 6.61 Å². The van der Waals surface area contributed by atoms with Crippen molar-refractivity contribution in [3.8, 4) is 0 Å². The minimum atomic E-state index is 0.656. The molecule has 0 radical (unpaired) electrons. The molecule has 0 amide bonds. The molecule has 0 unspecified atom stereocenters. The van der Waals surface area contributed by atoms with Crippen molar-refractivity contribution >= 4 is 28.3 Å². The van der Waals surface area contributed by atoms with E-state index >= 15 is 0 Å². The molecule has 0 saturated carbocycles. The van der Waals surface area contributed by atoms with Gasteiger partial charge in [-0.05, 0) is 58.3 Å². The van der Waals surface area contributed by atoms with Crippen LogP contribution in [-0.2, 0) is 17.8 Å². The molecule has 3 heteroatoms. The number of nitrogen functional groups attached to an aromatic ring is 1. The zero-order valence-electron chi connectivity index (χ0n) is 10.1. The van der Waals surface area contributed by atoms with Crippen LogP contribution in [0.3, 0.4) is 0 Å². The molecule has 2 aromatic carbocycles. The third-order valence-electron chi connectivity index (χ3n) is 2.75. The summed E-state index contributed by atoms with van der Waals surface area (Å²) in [6.45, 7) is 1.35. The van der Waals surface area contributed by atoms with E-state index in [0.29, 0.717) is 13.2 Å². The fourth-order valence-electron chi connectivity index (χ4n) is 1.71. The topological polar surface area (TPSA) is 35.2 Å². The van der Waals surface area contributed by atoms with Gasteiger partial charge in [0.25, 0.3) is 0 Å². The maximum Gasteiger partial charge on any atom is 0.0717 e. The van der Waals surface area contributed by atoms with Gasteiger partial charge in [0, 0.05) is 9.26 Å². The van der Waals surface area contributed by atoms with Crippen molar-refractivity contribution in [1.29, 1.82) is 0 Å². The summed E-state index contributed by atoms with van der Waals surface area (Å²) in [6.07, 6.45) is 0.858. The monoisotopic (exact) mass is 353 g/mol. The summed E-state index contributed by atoms with van der Waals surface area (Å²) in [6, 6.07) is 16.3. The highest BCUT2D eigenvalue weighted by molar-refractivity contribution is 14.1. The van der Waals surface area contributed by atoms with Crippen LogP contribution < -0.4 is 5.73 Å². The molecule has 0 aliphatic carbocycles. The molecule has 2 N–H and O–H groups in total. The molecule has 94 valence electrons. The lowest BCUT2D eigenvalue weighted by atomic mass is 10.1. The van der Waals surface area contributed by atoms with Gasteiger partial charge < -0.3 is 10.5 Å². The van der Waals surface area contributed by atoms with Crippen molar-refractivity contribution in [3.05, 3.63) is 63.2 Å². The average Bonchev–Trinajstić information content (AvgIpc) is 2.39. The number of anilines is 1. The van der Waals surface area contributed by atoms with Crippen molar-refractivity contribution in [2.24, 2.45) is 0 Å². The number of rotatable bonds is 5. The number of ether oxygens (including phenoxy) is 1. The zero-order chi connectivity index (χ0) is 12.8. The van der Waals surface area contributed by atoms with Crippen molar-refractivity contribution in [1.82, 2.24) is 0 Å². The normalized spacial score (nSPS) is 10.5. The van der Waals surface area contributed by atoms with E-state index in [2.05, 4.69) is 46.9 Å². The molecule has 2 nitrogen and oxygen atoms in total. The van der Waals surface area contributed by atoms with Gasteiger partial charge in [0.2, 0.25) is 0 Å². The van der Waals surface area contributed by atoms with Gasteiger partial charge in [-0.15, -0.1) is 0 Å². The van der Waals surface area contributed by atoms with Crippen LogP contribution in [0.4, 0.5) is 5.69 Å². The Balaban J connectivity index is 1.76. The standard InChI is InChI=1S/C15H16INO/c16-14-7-5-12(6-8-14)11-18-10-9-13-3-1-2-4-15(13)17/h1-8H,9-11,17H2. The molecule has 2 aromatic rings. The SMILES string of the molecule is Nc1ccccc1CCOCc1ccc(I)cc1. The molecule has 0 aliphatic heterocycles. The Morgan fingerprint density at radius 3 is 2.44 bits per heavy atom. The Morgan fingerprint density at radius 2 is 1.72 bits per heavy atom. The fraction of sp³-hybridized carbons (Fsp3) is 0.200. The molecule has 0 bridgehead atoms. The van der Waals surface area contributed by atoms with Gasteiger partial charge in [-0.3, -0.25) is 0 Å². The number of nitrogens with two attached hydrogens (primary N) is 1. The number of para-hydroxylation sites is 1. The van der Waals surface area contributed by atoms with Crippen molar-refractivity contribution in [2.45, 2.75) is 13.0 Å². The molecule has 18 heavy (non-hydrogen) atoms. The van der Waals surface area contributed by atoms with Crippen LogP contribution in [0.5, 0.6) is 0 Å². The molecule has 0 fully saturated rings. The summed E-state index contributed by atoms with van der Waals surface area (Å²) >= 11 is 2.30. The molecule has 0 spiro atoms. The number of hydrogen-bond donors (Lipinski definition) is 1. The van der Waals surface area contributed by atoms with Crippen molar-refractivity contribution in [3.63, 3.8) is 0 Å². The number of hydrogen-bond acceptors (Lipinski definition) is 2. The minimum Gasteiger partial charge on any atom is -0.399 e. The third kappa shape index (κ3) is 3.99. The molecule has 0 aliphatic rings. The highest BCUT2D eigenvalue weighted by atomic mass is 127. The van der Waals surface area contributed by atoms with Crippen LogP contribution in [0.15, 0.2) is 48.5 Å². The van der Waals surface area contributed by atoms with E-state index < -0.39 is 0 Å². The Kier molecular flexibility index (Phi) is 5.01. The van der Waals surface area contributed by atoms with E-state index in [9.17, 15) is 0 Å². The van der Waals surface area contributed by atoms with Crippen LogP contribution in [0.25, 0.3) is 0 Å². The lowest BCUT2D eigenvalue weighted by Crippen LogP contribution is -2.01. The number of benzene rings is 2. The van der Waals surface area contributed by atoms with E-state index in [1.807, 2.05) is 24.3 Å². The highest BCUT2D eigenvalue weighted by Crippen LogP contribution is 2.12. The third-order valence-corrected chi connectivity index (χ3v) is 3.47. The summed E-state index contributed by atoms with van der Waals surface area (Å²) in [7, 11) is 0. The van der Waals surface area contributed by atoms with Crippen LogP contribution in [0, 0.1) is 3.57 Å². The van der Waals surface area contributed by atoms with E-state index in [4.69, 9.17) is 10.5 Å². The largest absolute Gasteiger partial charge is 0.399 e. The van der Waals surface area contributed by atoms with Gasteiger partial charge in [-0.25, -0.2) is 0 Å². The molecular weight excluding hydrogens is 337 g/mol. The van der Waals surface area contributed by atoms with Crippen LogP contribution in [0.2, 0.25) is 0 Å². The van der Waals surface area contributed by atoms with E-state index in [0.717, 1.165) is 17.7 Å². The summed E-state index contributed by atoms with van der Waals surface area (Å²) < 4.78 is 6.90. The van der Waals surface area contributed by atoms with E-state index in [1.54, 1.807) is 0 Å². The smallest absolute Gasteiger partial charge is 0.0717 e. The van der Waals surface area contributed by atoms with Gasteiger partial charge in [-0.1, -0.05) is 30.3 Å². The van der Waals surface area contributed by atoms with Crippen LogP contribution in [0.1, 0.15) is 11.1 Å². The van der Waals surface area contributed by atoms with Gasteiger partial charge in [-0.2, -0.15) is 0 Å². The van der Waals surface area contributed by atoms with Gasteiger partial charge in [0.15, 0.2) is 0 Å². The summed E-state index contributed by atoms with van der Waals surface area (Å²) in [5.41, 5.74) is 9.08. The van der Waals surface area contributed by atoms with E-state index in [1.165, 1.54) is 9.13 Å². The first-order valence-electron chi connectivity index (χ1n) is 5.91. The zero-order valence-corrected chi connectivity index (χ0v) is 12.3. The van der Waals surface area contributed by atoms with Gasteiger partial charge in [0.1, 0.15) is 0 Å². The predicted molar refractivity (Wildman–Crippen MR) is 83.4 cm³/mol. The maximum absolute atomic E-state index is 5.87. The molecule has 0 saturated heterocycles. The molecule has 2 rings (SSSR count). The highest BCUT2D eigenvalue weighted by Gasteiger charge is 1.98. The minimum absolute atomic E-state index is 0.656. The second-order valence-corrected chi connectivity index (χ2v) is 5.37. The summed E-state index contributed by atoms with van der Waals surface area (Å²) in [5, 5.41) is 0. The first kappa shape index (κ1) is 13.4. The Morgan fingerprint density at radius 1 is 1.00 bits per heavy atom. The average molecular weight is 353 g/mol. The molecular formula is C15H16INO. The maximum atomic E-state index is 5.87. The Labute approximate surface area is 121 Å². The van der Waals surface area contributed by atoms with Crippen molar-refractivity contribution in [2.75, 3.05) is 12.3 Å². The van der Waals surface area contributed by atoms with Gasteiger partial charge in [0.05, 0.1) is 13.2 Å². The quantitative estimate of drug-likeness (QED) is 0.506. The second-order valence-electron chi connectivity index (χ2n) is 4.13. The summed E-state index contributed by atoms with van der Waals surface area (Å²) in [5.74, 6) is 0. The summed E-state index contributed by atoms with van der Waals surface area (Å²) in [4.78, 5) is 0. The van der Waals surface area contributed by atoms with Crippen LogP contribution >= 0.6 is 22.6 Å². The molecule has 0 heterocycles. The Hall–Kier alpha value is -1.07. The number of halogens is 1. The fourth-order valence-corrected chi connectivity index (χ4v) is 2.07. The first-order valence-corrected chi connectivity index (χ1v) is 6.99. The van der Waals surface area contributed by atoms with Crippen molar-refractivity contribution < 1.29 is 4.74 Å². The molecule has 0 aromatic heterocycles. The van der Waals surface area contributed by atoms with Gasteiger partial charge >= 0.3 is 0 Å². The lowest BCUT2D eigenvalue weighted by molar-refractivity contribution is 0.124. The molecule has 0 atom stereocenters. The first-order chi connectivity index (χ1) is 8.75. The predicted octanol–water partition coefficient (Wildman–Crippen LogP) is 3.63. The van der Waals surface area contributed by atoms with E-state index in [-0.39, 0.29) is 0 Å². The Bertz CT molecular complexity index is 496. The second kappa shape index (κ2) is 6.75.